The summed E-state index contributed by atoms with van der Waals surface area (Å²) < 4.78 is 12.5. The number of hydrogen-bond donors (Lipinski definition) is 0. The average molecular weight is 283 g/mol. The molecule has 0 saturated carbocycles. The van der Waals surface area contributed by atoms with Crippen molar-refractivity contribution in [3.8, 4) is 6.07 Å². The molecule has 2 aromatic rings. The molecule has 2 aromatic carbocycles. The van der Waals surface area contributed by atoms with Crippen LogP contribution >= 0.6 is 0 Å². The van der Waals surface area contributed by atoms with E-state index in [1.165, 1.54) is 5.56 Å². The van der Waals surface area contributed by atoms with E-state index in [2.05, 4.69) is 12.1 Å². The molecule has 0 aliphatic heterocycles. The summed E-state index contributed by atoms with van der Waals surface area (Å²) in [5.41, 5.74) is 4.93. The maximum Gasteiger partial charge on any atom is 0.0991 e. The molecule has 0 saturated heterocycles. The molecule has 0 heterocycles. The highest BCUT2D eigenvalue weighted by molar-refractivity contribution is 7.84. The molecule has 1 atom stereocenters. The van der Waals surface area contributed by atoms with Crippen LogP contribution in [-0.2, 0) is 16.6 Å². The minimum absolute atomic E-state index is 0.488. The van der Waals surface area contributed by atoms with E-state index in [4.69, 9.17) is 5.26 Å². The summed E-state index contributed by atoms with van der Waals surface area (Å²) in [5.74, 6) is 0.488. The quantitative estimate of drug-likeness (QED) is 0.860. The third-order valence-corrected chi connectivity index (χ3v) is 4.86. The first-order chi connectivity index (χ1) is 9.51. The van der Waals surface area contributed by atoms with E-state index in [0.717, 1.165) is 21.6 Å². The van der Waals surface area contributed by atoms with Crippen LogP contribution in [0.15, 0.2) is 41.3 Å². The first kappa shape index (κ1) is 14.5. The van der Waals surface area contributed by atoms with Gasteiger partial charge in [-0.25, -0.2) is 0 Å². The van der Waals surface area contributed by atoms with Gasteiger partial charge in [-0.2, -0.15) is 5.26 Å². The fourth-order valence-electron chi connectivity index (χ4n) is 2.20. The van der Waals surface area contributed by atoms with Crippen molar-refractivity contribution < 1.29 is 4.21 Å². The third-order valence-electron chi connectivity index (χ3n) is 3.33. The van der Waals surface area contributed by atoms with Crippen molar-refractivity contribution in [2.75, 3.05) is 0 Å². The van der Waals surface area contributed by atoms with Crippen LogP contribution in [0.4, 0.5) is 0 Å². The van der Waals surface area contributed by atoms with Gasteiger partial charge in [-0.1, -0.05) is 23.8 Å². The van der Waals surface area contributed by atoms with Crippen LogP contribution in [-0.4, -0.2) is 4.21 Å². The minimum Gasteiger partial charge on any atom is -0.254 e. The normalized spacial score (nSPS) is 11.9. The Hall–Kier alpha value is -1.92. The van der Waals surface area contributed by atoms with E-state index in [-0.39, 0.29) is 0 Å². The van der Waals surface area contributed by atoms with Crippen molar-refractivity contribution in [1.82, 2.24) is 0 Å². The van der Waals surface area contributed by atoms with Gasteiger partial charge >= 0.3 is 0 Å². The number of hydrogen-bond acceptors (Lipinski definition) is 2. The molecule has 3 heteroatoms. The van der Waals surface area contributed by atoms with E-state index in [1.54, 1.807) is 6.07 Å². The molecule has 2 rings (SSSR count). The predicted molar refractivity (Wildman–Crippen MR) is 81.9 cm³/mol. The monoisotopic (exact) mass is 283 g/mol. The topological polar surface area (TPSA) is 40.9 Å². The van der Waals surface area contributed by atoms with Gasteiger partial charge in [0.1, 0.15) is 0 Å². The molecular formula is C17H17NOS. The first-order valence-corrected chi connectivity index (χ1v) is 7.78. The lowest BCUT2D eigenvalue weighted by molar-refractivity contribution is 0.682. The Kier molecular flexibility index (Phi) is 4.36. The molecule has 0 aliphatic carbocycles. The summed E-state index contributed by atoms with van der Waals surface area (Å²) in [5, 5.41) is 8.87. The summed E-state index contributed by atoms with van der Waals surface area (Å²) in [6, 6.07) is 13.6. The van der Waals surface area contributed by atoms with E-state index in [0.29, 0.717) is 11.3 Å². The zero-order valence-electron chi connectivity index (χ0n) is 11.9. The van der Waals surface area contributed by atoms with E-state index < -0.39 is 10.8 Å². The second-order valence-corrected chi connectivity index (χ2v) is 6.43. The molecule has 0 fully saturated rings. The smallest absolute Gasteiger partial charge is 0.0991 e. The van der Waals surface area contributed by atoms with Gasteiger partial charge in [0.25, 0.3) is 0 Å². The van der Waals surface area contributed by atoms with Gasteiger partial charge in [-0.15, -0.1) is 0 Å². The van der Waals surface area contributed by atoms with Crippen molar-refractivity contribution in [2.24, 2.45) is 0 Å². The Morgan fingerprint density at radius 1 is 1.05 bits per heavy atom. The Morgan fingerprint density at radius 2 is 1.80 bits per heavy atom. The van der Waals surface area contributed by atoms with Gasteiger partial charge in [0.15, 0.2) is 0 Å². The molecule has 0 spiro atoms. The van der Waals surface area contributed by atoms with Crippen LogP contribution in [0.2, 0.25) is 0 Å². The fourth-order valence-corrected chi connectivity index (χ4v) is 3.60. The van der Waals surface area contributed by atoms with E-state index >= 15 is 0 Å². The van der Waals surface area contributed by atoms with Crippen LogP contribution < -0.4 is 0 Å². The summed E-state index contributed by atoms with van der Waals surface area (Å²) in [6.45, 7) is 5.98. The minimum atomic E-state index is -1.06. The van der Waals surface area contributed by atoms with Crippen LogP contribution in [0.25, 0.3) is 0 Å². The number of nitriles is 1. The second-order valence-electron chi connectivity index (χ2n) is 5.01. The lowest BCUT2D eigenvalue weighted by atomic mass is 10.1. The zero-order valence-corrected chi connectivity index (χ0v) is 12.8. The first-order valence-electron chi connectivity index (χ1n) is 6.46. The maximum absolute atomic E-state index is 12.5. The summed E-state index contributed by atoms with van der Waals surface area (Å²) in [6.07, 6.45) is 0. The van der Waals surface area contributed by atoms with Crippen LogP contribution in [0.1, 0.15) is 27.8 Å². The summed E-state index contributed by atoms with van der Waals surface area (Å²) >= 11 is 0. The lowest BCUT2D eigenvalue weighted by Crippen LogP contribution is -2.01. The molecule has 1 unspecified atom stereocenters. The third kappa shape index (κ3) is 3.15. The zero-order chi connectivity index (χ0) is 14.7. The SMILES string of the molecule is Cc1ccc(S(=O)Cc2ccc(C#N)cc2C)c(C)c1. The van der Waals surface area contributed by atoms with Gasteiger partial charge in [0, 0.05) is 4.90 Å². The number of nitrogens with zero attached hydrogens (tertiary/aromatic N) is 1. The number of rotatable bonds is 3. The highest BCUT2D eigenvalue weighted by Gasteiger charge is 2.10. The van der Waals surface area contributed by atoms with Crippen LogP contribution in [0.5, 0.6) is 0 Å². The van der Waals surface area contributed by atoms with Crippen molar-refractivity contribution in [3.63, 3.8) is 0 Å². The molecule has 0 radical (unpaired) electrons. The number of aryl methyl sites for hydroxylation is 3. The predicted octanol–water partition coefficient (Wildman–Crippen LogP) is 3.79. The largest absolute Gasteiger partial charge is 0.254 e. The van der Waals surface area contributed by atoms with Crippen LogP contribution in [0, 0.1) is 32.1 Å². The molecule has 0 aliphatic rings. The second kappa shape index (κ2) is 6.02. The van der Waals surface area contributed by atoms with Gasteiger partial charge in [0.2, 0.25) is 0 Å². The lowest BCUT2D eigenvalue weighted by Gasteiger charge is -2.09. The molecule has 2 nitrogen and oxygen atoms in total. The Morgan fingerprint density at radius 3 is 2.40 bits per heavy atom. The van der Waals surface area contributed by atoms with Crippen molar-refractivity contribution in [2.45, 2.75) is 31.4 Å². The molecular weight excluding hydrogens is 266 g/mol. The van der Waals surface area contributed by atoms with E-state index in [9.17, 15) is 4.21 Å². The highest BCUT2D eigenvalue weighted by Crippen LogP contribution is 2.20. The molecule has 20 heavy (non-hydrogen) atoms. The van der Waals surface area contributed by atoms with Crippen molar-refractivity contribution in [3.05, 3.63) is 64.2 Å². The highest BCUT2D eigenvalue weighted by atomic mass is 32.2. The van der Waals surface area contributed by atoms with Crippen molar-refractivity contribution in [1.29, 1.82) is 5.26 Å². The summed E-state index contributed by atoms with van der Waals surface area (Å²) in [4.78, 5) is 0.888. The molecule has 0 N–H and O–H groups in total. The Labute approximate surface area is 122 Å². The maximum atomic E-state index is 12.5. The van der Waals surface area contributed by atoms with Crippen molar-refractivity contribution >= 4 is 10.8 Å². The fraction of sp³-hybridized carbons (Fsp3) is 0.235. The van der Waals surface area contributed by atoms with Gasteiger partial charge in [-0.3, -0.25) is 4.21 Å². The molecule has 0 amide bonds. The van der Waals surface area contributed by atoms with Crippen LogP contribution in [0.3, 0.4) is 0 Å². The Balaban J connectivity index is 2.26. The Bertz CT molecular complexity index is 713. The summed E-state index contributed by atoms with van der Waals surface area (Å²) in [7, 11) is -1.06. The van der Waals surface area contributed by atoms with Gasteiger partial charge in [0.05, 0.1) is 28.2 Å². The number of benzene rings is 2. The van der Waals surface area contributed by atoms with E-state index in [1.807, 2.05) is 45.0 Å². The molecule has 0 bridgehead atoms. The average Bonchev–Trinajstić information content (AvgIpc) is 2.40. The molecule has 0 aromatic heterocycles. The van der Waals surface area contributed by atoms with Gasteiger partial charge < -0.3 is 0 Å². The molecule has 102 valence electrons. The van der Waals surface area contributed by atoms with Gasteiger partial charge in [-0.05, 0) is 55.7 Å². The standard InChI is InChI=1S/C17H17NOS/c1-12-4-7-17(14(3)8-12)20(19)11-16-6-5-15(10-18)9-13(16)2/h4-9H,11H2,1-3H3.